The molecule has 2 aliphatic rings. The summed E-state index contributed by atoms with van der Waals surface area (Å²) in [6, 6.07) is 3.96. The SMILES string of the molecule is O=C([C@@H]1C[C@H]1c1ccc(Cl)s1)N1CCCc2[nH]ncc21. The zero-order valence-corrected chi connectivity index (χ0v) is 12.4. The van der Waals surface area contributed by atoms with Gasteiger partial charge in [-0.1, -0.05) is 11.6 Å². The highest BCUT2D eigenvalue weighted by molar-refractivity contribution is 7.16. The Morgan fingerprint density at radius 2 is 2.40 bits per heavy atom. The summed E-state index contributed by atoms with van der Waals surface area (Å²) in [6.45, 7) is 0.805. The van der Waals surface area contributed by atoms with Crippen molar-refractivity contribution in [1.29, 1.82) is 0 Å². The smallest absolute Gasteiger partial charge is 0.230 e. The number of carbonyl (C=O) groups is 1. The number of H-pyrrole nitrogens is 1. The number of aromatic amines is 1. The predicted molar refractivity (Wildman–Crippen MR) is 79.4 cm³/mol. The maximum Gasteiger partial charge on any atom is 0.230 e. The number of aromatic nitrogens is 2. The fraction of sp³-hybridized carbons (Fsp3) is 0.429. The fourth-order valence-corrected chi connectivity index (χ4v) is 4.24. The van der Waals surface area contributed by atoms with Gasteiger partial charge in [0.05, 0.1) is 21.9 Å². The van der Waals surface area contributed by atoms with Gasteiger partial charge in [-0.05, 0) is 31.4 Å². The molecule has 20 heavy (non-hydrogen) atoms. The van der Waals surface area contributed by atoms with E-state index >= 15 is 0 Å². The molecule has 1 aliphatic heterocycles. The van der Waals surface area contributed by atoms with E-state index in [-0.39, 0.29) is 11.8 Å². The molecule has 0 radical (unpaired) electrons. The van der Waals surface area contributed by atoms with Crippen LogP contribution in [0.4, 0.5) is 5.69 Å². The van der Waals surface area contributed by atoms with Gasteiger partial charge < -0.3 is 4.90 Å². The zero-order chi connectivity index (χ0) is 13.7. The average molecular weight is 308 g/mol. The van der Waals surface area contributed by atoms with Crippen LogP contribution in [0.15, 0.2) is 18.3 Å². The molecule has 2 atom stereocenters. The van der Waals surface area contributed by atoms with Crippen LogP contribution in [0.5, 0.6) is 0 Å². The third kappa shape index (κ3) is 1.96. The molecule has 0 aromatic carbocycles. The summed E-state index contributed by atoms with van der Waals surface area (Å²) in [4.78, 5) is 15.8. The Balaban J connectivity index is 1.53. The van der Waals surface area contributed by atoms with Gasteiger partial charge in [0.1, 0.15) is 0 Å². The summed E-state index contributed by atoms with van der Waals surface area (Å²) in [6.07, 6.45) is 4.70. The van der Waals surface area contributed by atoms with Crippen LogP contribution in [-0.2, 0) is 11.2 Å². The number of halogens is 1. The van der Waals surface area contributed by atoms with Gasteiger partial charge in [-0.25, -0.2) is 0 Å². The Morgan fingerprint density at radius 1 is 1.50 bits per heavy atom. The molecule has 2 aromatic rings. The number of nitrogens with one attached hydrogen (secondary N) is 1. The molecule has 1 fully saturated rings. The van der Waals surface area contributed by atoms with Crippen molar-refractivity contribution in [2.45, 2.75) is 25.2 Å². The second kappa shape index (κ2) is 4.60. The monoisotopic (exact) mass is 307 g/mol. The molecular formula is C14H14ClN3OS. The molecule has 4 rings (SSSR count). The number of anilines is 1. The first-order chi connectivity index (χ1) is 9.74. The van der Waals surface area contributed by atoms with E-state index in [2.05, 4.69) is 10.2 Å². The summed E-state index contributed by atoms with van der Waals surface area (Å²) >= 11 is 7.56. The number of aryl methyl sites for hydroxylation is 1. The van der Waals surface area contributed by atoms with Crippen molar-refractivity contribution in [1.82, 2.24) is 10.2 Å². The Morgan fingerprint density at radius 3 is 3.20 bits per heavy atom. The van der Waals surface area contributed by atoms with Gasteiger partial charge in [-0.3, -0.25) is 9.89 Å². The van der Waals surface area contributed by atoms with Gasteiger partial charge in [0, 0.05) is 23.3 Å². The molecule has 0 unspecified atom stereocenters. The molecule has 1 aliphatic carbocycles. The molecule has 1 saturated carbocycles. The van der Waals surface area contributed by atoms with Gasteiger partial charge in [0.2, 0.25) is 5.91 Å². The summed E-state index contributed by atoms with van der Waals surface area (Å²) in [5.41, 5.74) is 2.05. The number of rotatable bonds is 2. The van der Waals surface area contributed by atoms with Gasteiger partial charge in [-0.2, -0.15) is 5.10 Å². The van der Waals surface area contributed by atoms with Gasteiger partial charge in [-0.15, -0.1) is 11.3 Å². The van der Waals surface area contributed by atoms with E-state index in [9.17, 15) is 4.79 Å². The third-order valence-corrected chi connectivity index (χ3v) is 5.49. The van der Waals surface area contributed by atoms with Crippen molar-refractivity contribution < 1.29 is 4.79 Å². The maximum atomic E-state index is 12.7. The Kier molecular flexibility index (Phi) is 2.86. The molecule has 0 spiro atoms. The minimum Gasteiger partial charge on any atom is -0.309 e. The fourth-order valence-electron chi connectivity index (χ4n) is 3.00. The predicted octanol–water partition coefficient (Wildman–Crippen LogP) is 3.21. The van der Waals surface area contributed by atoms with Crippen molar-refractivity contribution in [3.05, 3.63) is 33.2 Å². The number of carbonyl (C=O) groups excluding carboxylic acids is 1. The van der Waals surface area contributed by atoms with Crippen LogP contribution in [0.25, 0.3) is 0 Å². The second-order valence-corrected chi connectivity index (χ2v) is 7.16. The molecule has 3 heterocycles. The lowest BCUT2D eigenvalue weighted by molar-refractivity contribution is -0.120. The van der Waals surface area contributed by atoms with Crippen molar-refractivity contribution in [3.63, 3.8) is 0 Å². The average Bonchev–Trinajstić information content (AvgIpc) is 2.89. The zero-order valence-electron chi connectivity index (χ0n) is 10.8. The van der Waals surface area contributed by atoms with Crippen LogP contribution < -0.4 is 4.90 Å². The third-order valence-electron chi connectivity index (χ3n) is 4.13. The molecular weight excluding hydrogens is 294 g/mol. The highest BCUT2D eigenvalue weighted by Gasteiger charge is 2.47. The van der Waals surface area contributed by atoms with E-state index in [4.69, 9.17) is 11.6 Å². The maximum absolute atomic E-state index is 12.7. The van der Waals surface area contributed by atoms with Crippen LogP contribution in [0, 0.1) is 5.92 Å². The highest BCUT2D eigenvalue weighted by atomic mass is 35.5. The topological polar surface area (TPSA) is 49.0 Å². The summed E-state index contributed by atoms with van der Waals surface area (Å²) < 4.78 is 0.799. The van der Waals surface area contributed by atoms with E-state index in [0.29, 0.717) is 5.92 Å². The first-order valence-electron chi connectivity index (χ1n) is 6.83. The van der Waals surface area contributed by atoms with Crippen LogP contribution in [-0.4, -0.2) is 22.6 Å². The van der Waals surface area contributed by atoms with Crippen molar-refractivity contribution in [3.8, 4) is 0 Å². The quantitative estimate of drug-likeness (QED) is 0.926. The van der Waals surface area contributed by atoms with E-state index < -0.39 is 0 Å². The van der Waals surface area contributed by atoms with Gasteiger partial charge in [0.15, 0.2) is 0 Å². The minimum absolute atomic E-state index is 0.116. The molecule has 1 amide bonds. The Hall–Kier alpha value is -1.33. The number of thiophene rings is 1. The van der Waals surface area contributed by atoms with E-state index in [1.165, 1.54) is 4.88 Å². The molecule has 2 aromatic heterocycles. The summed E-state index contributed by atoms with van der Waals surface area (Å²) in [5.74, 6) is 0.713. The lowest BCUT2D eigenvalue weighted by Crippen LogP contribution is -2.36. The van der Waals surface area contributed by atoms with E-state index in [0.717, 1.165) is 41.5 Å². The van der Waals surface area contributed by atoms with Crippen molar-refractivity contribution in [2.24, 2.45) is 5.92 Å². The molecule has 1 N–H and O–H groups in total. The lowest BCUT2D eigenvalue weighted by Gasteiger charge is -2.26. The highest BCUT2D eigenvalue weighted by Crippen LogP contribution is 2.51. The van der Waals surface area contributed by atoms with Crippen LogP contribution in [0.3, 0.4) is 0 Å². The molecule has 0 bridgehead atoms. The summed E-state index contributed by atoms with van der Waals surface area (Å²) in [5, 5.41) is 7.05. The largest absolute Gasteiger partial charge is 0.309 e. The first kappa shape index (κ1) is 12.4. The van der Waals surface area contributed by atoms with Gasteiger partial charge in [0.25, 0.3) is 0 Å². The molecule has 4 nitrogen and oxygen atoms in total. The number of amides is 1. The van der Waals surface area contributed by atoms with Crippen molar-refractivity contribution >= 4 is 34.5 Å². The number of fused-ring (bicyclic) bond motifs is 1. The molecule has 104 valence electrons. The van der Waals surface area contributed by atoms with Gasteiger partial charge >= 0.3 is 0 Å². The standard InChI is InChI=1S/C14H14ClN3OS/c15-13-4-3-12(20-13)8-6-9(8)14(19)18-5-1-2-10-11(18)7-16-17-10/h3-4,7-9H,1-2,5-6H2,(H,16,17)/t8-,9-/m1/s1. The van der Waals surface area contributed by atoms with Crippen molar-refractivity contribution in [2.75, 3.05) is 11.4 Å². The normalized spacial score (nSPS) is 24.6. The van der Waals surface area contributed by atoms with E-state index in [1.807, 2.05) is 17.0 Å². The van der Waals surface area contributed by atoms with Crippen LogP contribution in [0.2, 0.25) is 4.34 Å². The van der Waals surface area contributed by atoms with Crippen LogP contribution in [0.1, 0.15) is 29.3 Å². The first-order valence-corrected chi connectivity index (χ1v) is 8.02. The number of hydrogen-bond acceptors (Lipinski definition) is 3. The second-order valence-electron chi connectivity index (χ2n) is 5.42. The number of hydrogen-bond donors (Lipinski definition) is 1. The lowest BCUT2D eigenvalue weighted by atomic mass is 10.1. The minimum atomic E-state index is 0.116. The van der Waals surface area contributed by atoms with E-state index in [1.54, 1.807) is 17.5 Å². The number of nitrogens with zero attached hydrogens (tertiary/aromatic N) is 2. The Bertz CT molecular complexity index is 665. The Labute approximate surface area is 125 Å². The molecule has 6 heteroatoms. The molecule has 0 saturated heterocycles. The van der Waals surface area contributed by atoms with Crippen LogP contribution >= 0.6 is 22.9 Å². The summed E-state index contributed by atoms with van der Waals surface area (Å²) in [7, 11) is 0.